The van der Waals surface area contributed by atoms with E-state index < -0.39 is 0 Å². The summed E-state index contributed by atoms with van der Waals surface area (Å²) in [5.41, 5.74) is 1.69. The Morgan fingerprint density at radius 2 is 2.50 bits per heavy atom. The average Bonchev–Trinajstić information content (AvgIpc) is 2.60. The molecule has 1 aliphatic rings. The van der Waals surface area contributed by atoms with Crippen LogP contribution in [0.3, 0.4) is 0 Å². The number of aromatic nitrogens is 2. The molecule has 0 aromatic carbocycles. The quantitative estimate of drug-likeness (QED) is 0.830. The van der Waals surface area contributed by atoms with E-state index in [1.165, 1.54) is 23.1 Å². The van der Waals surface area contributed by atoms with Gasteiger partial charge in [-0.15, -0.1) is 10.2 Å². The molecule has 0 unspecified atom stereocenters. The van der Waals surface area contributed by atoms with Crippen molar-refractivity contribution in [2.45, 2.75) is 28.9 Å². The van der Waals surface area contributed by atoms with Gasteiger partial charge in [0.05, 0.1) is 5.25 Å². The number of nitrogens with zero attached hydrogens (tertiary/aromatic N) is 2. The molecule has 0 radical (unpaired) electrons. The average molecular weight is 229 g/mol. The summed E-state index contributed by atoms with van der Waals surface area (Å²) in [5.74, 6) is 0.141. The van der Waals surface area contributed by atoms with E-state index in [1.54, 1.807) is 5.51 Å². The van der Waals surface area contributed by atoms with Gasteiger partial charge in [-0.2, -0.15) is 0 Å². The van der Waals surface area contributed by atoms with Crippen LogP contribution in [-0.4, -0.2) is 27.9 Å². The summed E-state index contributed by atoms with van der Waals surface area (Å²) in [6.07, 6.45) is 3.13. The van der Waals surface area contributed by atoms with Crippen molar-refractivity contribution in [3.8, 4) is 0 Å². The summed E-state index contributed by atoms with van der Waals surface area (Å²) in [6, 6.07) is 0. The zero-order valence-corrected chi connectivity index (χ0v) is 9.24. The standard InChI is InChI=1S/C8H11N3OS2/c12-7-6(3-1-2-4-9-7)14-8-11-10-5-13-8/h5-6H,1-4H2,(H,9,12)/t6-/m1/s1. The molecule has 1 fully saturated rings. The molecular weight excluding hydrogens is 218 g/mol. The summed E-state index contributed by atoms with van der Waals surface area (Å²) < 4.78 is 0.882. The van der Waals surface area contributed by atoms with E-state index >= 15 is 0 Å². The first kappa shape index (κ1) is 9.92. The summed E-state index contributed by atoms with van der Waals surface area (Å²) in [4.78, 5) is 11.6. The maximum Gasteiger partial charge on any atom is 0.233 e. The maximum absolute atomic E-state index is 11.6. The number of carbonyl (C=O) groups is 1. The molecule has 1 aromatic heterocycles. The van der Waals surface area contributed by atoms with Gasteiger partial charge in [0.15, 0.2) is 4.34 Å². The number of amides is 1. The Morgan fingerprint density at radius 1 is 1.57 bits per heavy atom. The molecule has 0 saturated carbocycles. The Hall–Kier alpha value is -0.620. The molecule has 2 rings (SSSR count). The van der Waals surface area contributed by atoms with Crippen molar-refractivity contribution >= 4 is 29.0 Å². The molecular formula is C8H11N3OS2. The fourth-order valence-electron chi connectivity index (χ4n) is 1.36. The monoisotopic (exact) mass is 229 g/mol. The zero-order valence-electron chi connectivity index (χ0n) is 7.60. The Labute approximate surface area is 90.5 Å². The normalized spacial score (nSPS) is 22.9. The van der Waals surface area contributed by atoms with Crippen molar-refractivity contribution in [2.24, 2.45) is 0 Å². The minimum atomic E-state index is 0.0189. The van der Waals surface area contributed by atoms with Gasteiger partial charge in [0.1, 0.15) is 5.51 Å². The molecule has 1 N–H and O–H groups in total. The molecule has 1 atom stereocenters. The Bertz CT molecular complexity index is 302. The van der Waals surface area contributed by atoms with Crippen LogP contribution in [0.15, 0.2) is 9.85 Å². The molecule has 0 bridgehead atoms. The number of rotatable bonds is 2. The highest BCUT2D eigenvalue weighted by Gasteiger charge is 2.22. The van der Waals surface area contributed by atoms with Gasteiger partial charge in [0.2, 0.25) is 5.91 Å². The van der Waals surface area contributed by atoms with Crippen LogP contribution in [0, 0.1) is 0 Å². The highest BCUT2D eigenvalue weighted by atomic mass is 32.2. The van der Waals surface area contributed by atoms with Crippen molar-refractivity contribution in [1.29, 1.82) is 0 Å². The first-order valence-corrected chi connectivity index (χ1v) is 6.33. The van der Waals surface area contributed by atoms with E-state index in [-0.39, 0.29) is 11.2 Å². The third kappa shape index (κ3) is 2.45. The van der Waals surface area contributed by atoms with Crippen LogP contribution in [0.4, 0.5) is 0 Å². The van der Waals surface area contributed by atoms with Crippen LogP contribution in [0.5, 0.6) is 0 Å². The highest BCUT2D eigenvalue weighted by Crippen LogP contribution is 2.28. The van der Waals surface area contributed by atoms with Crippen LogP contribution >= 0.6 is 23.1 Å². The van der Waals surface area contributed by atoms with E-state index in [1.807, 2.05) is 0 Å². The van der Waals surface area contributed by atoms with Crippen LogP contribution in [-0.2, 0) is 4.79 Å². The lowest BCUT2D eigenvalue weighted by Gasteiger charge is -2.09. The van der Waals surface area contributed by atoms with Gasteiger partial charge < -0.3 is 5.32 Å². The first-order valence-electron chi connectivity index (χ1n) is 4.57. The van der Waals surface area contributed by atoms with E-state index in [4.69, 9.17) is 0 Å². The molecule has 14 heavy (non-hydrogen) atoms. The van der Waals surface area contributed by atoms with Crippen LogP contribution in [0.25, 0.3) is 0 Å². The molecule has 1 amide bonds. The topological polar surface area (TPSA) is 54.9 Å². The smallest absolute Gasteiger partial charge is 0.233 e. The fraction of sp³-hybridized carbons (Fsp3) is 0.625. The van der Waals surface area contributed by atoms with Crippen molar-refractivity contribution < 1.29 is 4.79 Å². The van der Waals surface area contributed by atoms with Crippen LogP contribution in [0.2, 0.25) is 0 Å². The van der Waals surface area contributed by atoms with E-state index in [9.17, 15) is 4.79 Å². The fourth-order valence-corrected chi connectivity index (χ4v) is 3.15. The van der Waals surface area contributed by atoms with Crippen molar-refractivity contribution in [2.75, 3.05) is 6.54 Å². The second-order valence-corrected chi connectivity index (χ2v) is 5.38. The summed E-state index contributed by atoms with van der Waals surface area (Å²) in [5, 5.41) is 10.6. The Morgan fingerprint density at radius 3 is 3.29 bits per heavy atom. The third-order valence-corrected chi connectivity index (χ3v) is 4.15. The minimum Gasteiger partial charge on any atom is -0.355 e. The highest BCUT2D eigenvalue weighted by molar-refractivity contribution is 8.02. The van der Waals surface area contributed by atoms with Gasteiger partial charge in [-0.25, -0.2) is 0 Å². The predicted octanol–water partition coefficient (Wildman–Crippen LogP) is 1.30. The van der Waals surface area contributed by atoms with Gasteiger partial charge in [-0.1, -0.05) is 29.5 Å². The van der Waals surface area contributed by atoms with Crippen LogP contribution < -0.4 is 5.32 Å². The first-order chi connectivity index (χ1) is 6.86. The number of thioether (sulfide) groups is 1. The van der Waals surface area contributed by atoms with Gasteiger partial charge in [-0.05, 0) is 12.8 Å². The summed E-state index contributed by atoms with van der Waals surface area (Å²) in [7, 11) is 0. The maximum atomic E-state index is 11.6. The van der Waals surface area contributed by atoms with Crippen molar-refractivity contribution in [3.63, 3.8) is 0 Å². The lowest BCUT2D eigenvalue weighted by molar-refractivity contribution is -0.120. The van der Waals surface area contributed by atoms with E-state index in [0.717, 1.165) is 30.1 Å². The molecule has 0 aliphatic carbocycles. The Kier molecular flexibility index (Phi) is 3.36. The molecule has 6 heteroatoms. The second-order valence-electron chi connectivity index (χ2n) is 3.10. The predicted molar refractivity (Wildman–Crippen MR) is 56.4 cm³/mol. The molecule has 1 saturated heterocycles. The van der Waals surface area contributed by atoms with Gasteiger partial charge in [-0.3, -0.25) is 4.79 Å². The SMILES string of the molecule is O=C1NCCCC[C@H]1Sc1nncs1. The molecule has 2 heterocycles. The molecule has 4 nitrogen and oxygen atoms in total. The van der Waals surface area contributed by atoms with E-state index in [0.29, 0.717) is 0 Å². The largest absolute Gasteiger partial charge is 0.355 e. The van der Waals surface area contributed by atoms with Gasteiger partial charge in [0, 0.05) is 6.54 Å². The van der Waals surface area contributed by atoms with Crippen LogP contribution in [0.1, 0.15) is 19.3 Å². The molecule has 1 aromatic rings. The lowest BCUT2D eigenvalue weighted by atomic mass is 10.2. The Balaban J connectivity index is 1.98. The summed E-state index contributed by atoms with van der Waals surface area (Å²) in [6.45, 7) is 0.812. The third-order valence-electron chi connectivity index (χ3n) is 2.07. The molecule has 76 valence electrons. The second kappa shape index (κ2) is 4.75. The number of hydrogen-bond acceptors (Lipinski definition) is 5. The van der Waals surface area contributed by atoms with Gasteiger partial charge >= 0.3 is 0 Å². The molecule has 0 spiro atoms. The number of nitrogens with one attached hydrogen (secondary N) is 1. The zero-order chi connectivity index (χ0) is 9.80. The van der Waals surface area contributed by atoms with E-state index in [2.05, 4.69) is 15.5 Å². The lowest BCUT2D eigenvalue weighted by Crippen LogP contribution is -2.30. The molecule has 1 aliphatic heterocycles. The number of carbonyl (C=O) groups excluding carboxylic acids is 1. The van der Waals surface area contributed by atoms with Gasteiger partial charge in [0.25, 0.3) is 0 Å². The van der Waals surface area contributed by atoms with Crippen molar-refractivity contribution in [3.05, 3.63) is 5.51 Å². The van der Waals surface area contributed by atoms with Crippen molar-refractivity contribution in [1.82, 2.24) is 15.5 Å². The summed E-state index contributed by atoms with van der Waals surface area (Å²) >= 11 is 3.01. The number of hydrogen-bond donors (Lipinski definition) is 1. The minimum absolute atomic E-state index is 0.0189.